The van der Waals surface area contributed by atoms with E-state index >= 15 is 0 Å². The first-order chi connectivity index (χ1) is 7.61. The largest absolute Gasteiger partial charge is 0.373 e. The molecule has 0 fully saturated rings. The summed E-state index contributed by atoms with van der Waals surface area (Å²) in [5, 5.41) is 8.76. The minimum absolute atomic E-state index is 0.0309. The Bertz CT molecular complexity index is 366. The minimum Gasteiger partial charge on any atom is -0.373 e. The lowest BCUT2D eigenvalue weighted by Gasteiger charge is -2.08. The number of hydrogen-bond acceptors (Lipinski definition) is 5. The molecule has 0 aliphatic carbocycles. The molecule has 88 valence electrons. The third-order valence-corrected chi connectivity index (χ3v) is 1.90. The monoisotopic (exact) mass is 223 g/mol. The highest BCUT2D eigenvalue weighted by atomic mass is 16.1. The lowest BCUT2D eigenvalue weighted by molar-refractivity contribution is -0.118. The molecule has 6 heteroatoms. The smallest absolute Gasteiger partial charge is 0.216 e. The highest BCUT2D eigenvalue weighted by molar-refractivity contribution is 5.72. The number of nitrogens with zero attached hydrogens (tertiary/aromatic N) is 2. The van der Waals surface area contributed by atoms with Crippen LogP contribution in [0.1, 0.15) is 12.7 Å². The molecule has 16 heavy (non-hydrogen) atoms. The molecule has 3 N–H and O–H groups in total. The Morgan fingerprint density at radius 2 is 2.00 bits per heavy atom. The van der Waals surface area contributed by atoms with Crippen molar-refractivity contribution in [2.45, 2.75) is 13.8 Å². The fourth-order valence-corrected chi connectivity index (χ4v) is 1.22. The Morgan fingerprint density at radius 3 is 2.62 bits per heavy atom. The summed E-state index contributed by atoms with van der Waals surface area (Å²) in [5.41, 5.74) is 0. The molecule has 1 aromatic heterocycles. The van der Waals surface area contributed by atoms with E-state index in [-0.39, 0.29) is 5.91 Å². The lowest BCUT2D eigenvalue weighted by atomic mass is 10.4. The summed E-state index contributed by atoms with van der Waals surface area (Å²) < 4.78 is 0. The molecule has 0 aliphatic rings. The molecule has 0 saturated heterocycles. The van der Waals surface area contributed by atoms with Gasteiger partial charge in [0.25, 0.3) is 0 Å². The van der Waals surface area contributed by atoms with Gasteiger partial charge in [-0.05, 0) is 6.92 Å². The second kappa shape index (κ2) is 5.89. The van der Waals surface area contributed by atoms with Crippen LogP contribution in [0.15, 0.2) is 6.07 Å². The first-order valence-corrected chi connectivity index (χ1v) is 5.13. The maximum atomic E-state index is 10.6. The van der Waals surface area contributed by atoms with Gasteiger partial charge < -0.3 is 16.0 Å². The van der Waals surface area contributed by atoms with E-state index in [1.54, 1.807) is 0 Å². The van der Waals surface area contributed by atoms with Gasteiger partial charge in [0.05, 0.1) is 0 Å². The average Bonchev–Trinajstić information content (AvgIpc) is 2.23. The van der Waals surface area contributed by atoms with Gasteiger partial charge in [0, 0.05) is 33.1 Å². The van der Waals surface area contributed by atoms with Crippen molar-refractivity contribution in [3.63, 3.8) is 0 Å². The van der Waals surface area contributed by atoms with Crippen molar-refractivity contribution in [1.29, 1.82) is 0 Å². The number of rotatable bonds is 5. The summed E-state index contributed by atoms with van der Waals surface area (Å²) in [5.74, 6) is 2.20. The Balaban J connectivity index is 2.47. The topological polar surface area (TPSA) is 78.9 Å². The van der Waals surface area contributed by atoms with Gasteiger partial charge in [-0.2, -0.15) is 0 Å². The second-order valence-electron chi connectivity index (χ2n) is 3.35. The van der Waals surface area contributed by atoms with Crippen LogP contribution >= 0.6 is 0 Å². The number of anilines is 2. The molecule has 1 rings (SSSR count). The predicted octanol–water partition coefficient (Wildman–Crippen LogP) is 0.375. The first-order valence-electron chi connectivity index (χ1n) is 5.13. The van der Waals surface area contributed by atoms with E-state index in [0.29, 0.717) is 18.9 Å². The Labute approximate surface area is 94.9 Å². The highest BCUT2D eigenvalue weighted by Crippen LogP contribution is 2.09. The average molecular weight is 223 g/mol. The molecule has 0 aliphatic heterocycles. The van der Waals surface area contributed by atoms with Crippen LogP contribution in [0.3, 0.4) is 0 Å². The fourth-order valence-electron chi connectivity index (χ4n) is 1.22. The van der Waals surface area contributed by atoms with Gasteiger partial charge in [-0.1, -0.05) is 0 Å². The van der Waals surface area contributed by atoms with Crippen LogP contribution in [0, 0.1) is 6.92 Å². The van der Waals surface area contributed by atoms with Crippen molar-refractivity contribution in [3.8, 4) is 0 Å². The zero-order chi connectivity index (χ0) is 12.0. The van der Waals surface area contributed by atoms with E-state index in [0.717, 1.165) is 11.6 Å². The molecule has 0 spiro atoms. The molecule has 0 bridgehead atoms. The van der Waals surface area contributed by atoms with Crippen molar-refractivity contribution >= 4 is 17.5 Å². The maximum Gasteiger partial charge on any atom is 0.216 e. The van der Waals surface area contributed by atoms with Crippen molar-refractivity contribution in [1.82, 2.24) is 15.3 Å². The summed E-state index contributed by atoms with van der Waals surface area (Å²) in [4.78, 5) is 19.0. The van der Waals surface area contributed by atoms with E-state index in [1.165, 1.54) is 6.92 Å². The van der Waals surface area contributed by atoms with Crippen LogP contribution in [0.4, 0.5) is 11.6 Å². The number of carbonyl (C=O) groups excluding carboxylic acids is 1. The number of aromatic nitrogens is 2. The molecular formula is C10H17N5O. The zero-order valence-corrected chi connectivity index (χ0v) is 9.79. The van der Waals surface area contributed by atoms with Crippen LogP contribution in [-0.2, 0) is 4.79 Å². The zero-order valence-electron chi connectivity index (χ0n) is 9.79. The van der Waals surface area contributed by atoms with Crippen LogP contribution in [-0.4, -0.2) is 36.0 Å². The van der Waals surface area contributed by atoms with Crippen LogP contribution < -0.4 is 16.0 Å². The molecule has 0 radical (unpaired) electrons. The summed E-state index contributed by atoms with van der Waals surface area (Å²) >= 11 is 0. The number of carbonyl (C=O) groups is 1. The number of aryl methyl sites for hydroxylation is 1. The molecule has 0 unspecified atom stereocenters. The quantitative estimate of drug-likeness (QED) is 0.629. The molecule has 1 aromatic rings. The van der Waals surface area contributed by atoms with Crippen LogP contribution in [0.25, 0.3) is 0 Å². The van der Waals surface area contributed by atoms with Crippen molar-refractivity contribution < 1.29 is 4.79 Å². The normalized spacial score (nSPS) is 9.69. The minimum atomic E-state index is -0.0309. The molecule has 1 amide bonds. The maximum absolute atomic E-state index is 10.6. The molecule has 0 aromatic carbocycles. The van der Waals surface area contributed by atoms with E-state index < -0.39 is 0 Å². The van der Waals surface area contributed by atoms with Gasteiger partial charge in [0.15, 0.2) is 0 Å². The van der Waals surface area contributed by atoms with Crippen LogP contribution in [0.5, 0.6) is 0 Å². The summed E-state index contributed by atoms with van der Waals surface area (Å²) in [6.45, 7) is 4.54. The second-order valence-corrected chi connectivity index (χ2v) is 3.35. The van der Waals surface area contributed by atoms with Gasteiger partial charge >= 0.3 is 0 Å². The predicted molar refractivity (Wildman–Crippen MR) is 63.5 cm³/mol. The number of hydrogen-bond donors (Lipinski definition) is 3. The van der Waals surface area contributed by atoms with Crippen molar-refractivity contribution in [2.24, 2.45) is 0 Å². The van der Waals surface area contributed by atoms with Crippen LogP contribution in [0.2, 0.25) is 0 Å². The molecule has 6 nitrogen and oxygen atoms in total. The van der Waals surface area contributed by atoms with Gasteiger partial charge in [0.1, 0.15) is 17.5 Å². The number of amides is 1. The third-order valence-electron chi connectivity index (χ3n) is 1.90. The lowest BCUT2D eigenvalue weighted by Crippen LogP contribution is -2.26. The summed E-state index contributed by atoms with van der Waals surface area (Å²) in [7, 11) is 1.81. The first kappa shape index (κ1) is 12.2. The Morgan fingerprint density at radius 1 is 1.31 bits per heavy atom. The fraction of sp³-hybridized carbons (Fsp3) is 0.500. The molecular weight excluding hydrogens is 206 g/mol. The van der Waals surface area contributed by atoms with Crippen molar-refractivity contribution in [2.75, 3.05) is 30.8 Å². The molecule has 0 saturated carbocycles. The summed E-state index contributed by atoms with van der Waals surface area (Å²) in [6, 6.07) is 1.82. The summed E-state index contributed by atoms with van der Waals surface area (Å²) in [6.07, 6.45) is 0. The Kier molecular flexibility index (Phi) is 4.50. The highest BCUT2D eigenvalue weighted by Gasteiger charge is 1.99. The van der Waals surface area contributed by atoms with Crippen molar-refractivity contribution in [3.05, 3.63) is 11.9 Å². The van der Waals surface area contributed by atoms with Gasteiger partial charge in [-0.25, -0.2) is 9.97 Å². The van der Waals surface area contributed by atoms with E-state index in [4.69, 9.17) is 0 Å². The Hall–Kier alpha value is -1.85. The SMILES string of the molecule is CNc1cc(NCCNC(C)=O)nc(C)n1. The third kappa shape index (κ3) is 4.12. The number of nitrogens with one attached hydrogen (secondary N) is 3. The van der Waals surface area contributed by atoms with Gasteiger partial charge in [-0.3, -0.25) is 4.79 Å². The standard InChI is InChI=1S/C10H17N5O/c1-7-14-9(11-3)6-10(15-7)13-5-4-12-8(2)16/h6H,4-5H2,1-3H3,(H,12,16)(H2,11,13,14,15). The molecule has 1 heterocycles. The molecule has 0 atom stereocenters. The van der Waals surface area contributed by atoms with Gasteiger partial charge in [-0.15, -0.1) is 0 Å². The van der Waals surface area contributed by atoms with E-state index in [1.807, 2.05) is 20.0 Å². The van der Waals surface area contributed by atoms with E-state index in [9.17, 15) is 4.79 Å². The van der Waals surface area contributed by atoms with E-state index in [2.05, 4.69) is 25.9 Å². The van der Waals surface area contributed by atoms with Gasteiger partial charge in [0.2, 0.25) is 5.91 Å².